The van der Waals surface area contributed by atoms with E-state index in [1.165, 1.54) is 30.3 Å². The first kappa shape index (κ1) is 6.94. The Kier molecular flexibility index (Phi) is 3.28. The lowest BCUT2D eigenvalue weighted by molar-refractivity contribution is 0.767. The average molecular weight is 195 g/mol. The second kappa shape index (κ2) is 3.78. The Labute approximate surface area is 63.5 Å². The Hall–Kier alpha value is 0.830. The van der Waals surface area contributed by atoms with Gasteiger partial charge in [-0.15, -0.1) is 0 Å². The minimum absolute atomic E-state index is 0.981. The fourth-order valence-corrected chi connectivity index (χ4v) is 3.13. The van der Waals surface area contributed by atoms with Crippen LogP contribution in [-0.2, 0) is 0 Å². The number of hydrogen-bond donors (Lipinski definition) is 0. The lowest BCUT2D eigenvalue weighted by Gasteiger charge is -2.02. The number of halogens is 1. The zero-order valence-electron chi connectivity index (χ0n) is 4.90. The van der Waals surface area contributed by atoms with Crippen molar-refractivity contribution in [1.82, 2.24) is 0 Å². The van der Waals surface area contributed by atoms with Gasteiger partial charge in [-0.25, -0.2) is 0 Å². The molecule has 1 saturated heterocycles. The van der Waals surface area contributed by atoms with E-state index in [4.69, 9.17) is 0 Å². The summed E-state index contributed by atoms with van der Waals surface area (Å²) in [5, 5.41) is 2.17. The molecular formula is C6H11BrS. The van der Waals surface area contributed by atoms with E-state index in [2.05, 4.69) is 27.7 Å². The van der Waals surface area contributed by atoms with Gasteiger partial charge in [-0.3, -0.25) is 0 Å². The van der Waals surface area contributed by atoms with Crippen molar-refractivity contribution in [2.45, 2.75) is 24.5 Å². The molecule has 1 heterocycles. The van der Waals surface area contributed by atoms with Crippen LogP contribution < -0.4 is 0 Å². The third-order valence-electron chi connectivity index (χ3n) is 1.46. The average Bonchev–Trinajstić information content (AvgIpc) is 2.19. The predicted octanol–water partition coefficient (Wildman–Crippen LogP) is 2.67. The summed E-state index contributed by atoms with van der Waals surface area (Å²) in [4.78, 5) is 0. The summed E-state index contributed by atoms with van der Waals surface area (Å²) in [6.45, 7) is 0. The lowest BCUT2D eigenvalue weighted by Crippen LogP contribution is -1.95. The molecule has 1 fully saturated rings. The van der Waals surface area contributed by atoms with Crippen LogP contribution >= 0.6 is 27.7 Å². The molecule has 1 aliphatic heterocycles. The van der Waals surface area contributed by atoms with E-state index in [-0.39, 0.29) is 0 Å². The largest absolute Gasteiger partial charge is 0.159 e. The lowest BCUT2D eigenvalue weighted by atomic mass is 10.2. The van der Waals surface area contributed by atoms with Crippen molar-refractivity contribution < 1.29 is 0 Å². The monoisotopic (exact) mass is 194 g/mol. The number of hydrogen-bond acceptors (Lipinski definition) is 1. The second-order valence-corrected chi connectivity index (χ2v) is 4.31. The van der Waals surface area contributed by atoms with Crippen LogP contribution in [0.5, 0.6) is 0 Å². The molecule has 1 atom stereocenters. The molecule has 1 aliphatic rings. The van der Waals surface area contributed by atoms with Crippen LogP contribution in [0.3, 0.4) is 0 Å². The Morgan fingerprint density at radius 3 is 3.00 bits per heavy atom. The van der Waals surface area contributed by atoms with Gasteiger partial charge >= 0.3 is 0 Å². The number of alkyl halides is 1. The molecule has 0 saturated carbocycles. The first-order valence-corrected chi connectivity index (χ1v) is 5.28. The zero-order chi connectivity index (χ0) is 5.82. The maximum Gasteiger partial charge on any atom is 0.00552 e. The Bertz CT molecular complexity index is 59.5. The summed E-state index contributed by atoms with van der Waals surface area (Å²) in [7, 11) is 0. The zero-order valence-corrected chi connectivity index (χ0v) is 7.30. The molecule has 1 unspecified atom stereocenters. The highest BCUT2D eigenvalue weighted by molar-refractivity contribution is 9.09. The van der Waals surface area contributed by atoms with Crippen LogP contribution in [0, 0.1) is 0 Å². The summed E-state index contributed by atoms with van der Waals surface area (Å²) in [5.74, 6) is 1.40. The third-order valence-corrected chi connectivity index (χ3v) is 3.38. The molecule has 48 valence electrons. The van der Waals surface area contributed by atoms with Gasteiger partial charge in [-0.05, 0) is 25.0 Å². The van der Waals surface area contributed by atoms with Gasteiger partial charge in [0.05, 0.1) is 0 Å². The maximum absolute atomic E-state index is 3.45. The topological polar surface area (TPSA) is 0 Å². The highest BCUT2D eigenvalue weighted by Gasteiger charge is 2.13. The fraction of sp³-hybridized carbons (Fsp3) is 1.00. The van der Waals surface area contributed by atoms with Gasteiger partial charge in [0.2, 0.25) is 0 Å². The SMILES string of the molecule is BrCCC1CCCS1. The normalized spacial score (nSPS) is 28.9. The molecule has 0 aromatic heterocycles. The molecule has 0 amide bonds. The van der Waals surface area contributed by atoms with Crippen molar-refractivity contribution in [3.05, 3.63) is 0 Å². The highest BCUT2D eigenvalue weighted by Crippen LogP contribution is 2.28. The molecule has 0 aliphatic carbocycles. The number of rotatable bonds is 2. The van der Waals surface area contributed by atoms with Gasteiger partial charge in [0.15, 0.2) is 0 Å². The van der Waals surface area contributed by atoms with Crippen LogP contribution in [0.2, 0.25) is 0 Å². The van der Waals surface area contributed by atoms with Gasteiger partial charge in [-0.2, -0.15) is 11.8 Å². The van der Waals surface area contributed by atoms with Crippen molar-refractivity contribution in [3.8, 4) is 0 Å². The summed E-state index contributed by atoms with van der Waals surface area (Å²) >= 11 is 5.58. The Morgan fingerprint density at radius 1 is 1.62 bits per heavy atom. The standard InChI is InChI=1S/C6H11BrS/c7-4-3-6-2-1-5-8-6/h6H,1-5H2. The molecule has 2 heteroatoms. The summed E-state index contributed by atoms with van der Waals surface area (Å²) in [6.07, 6.45) is 4.27. The molecule has 8 heavy (non-hydrogen) atoms. The van der Waals surface area contributed by atoms with Crippen LogP contribution in [-0.4, -0.2) is 16.3 Å². The van der Waals surface area contributed by atoms with E-state index in [0.29, 0.717) is 0 Å². The van der Waals surface area contributed by atoms with Gasteiger partial charge in [0.1, 0.15) is 0 Å². The number of thioether (sulfide) groups is 1. The van der Waals surface area contributed by atoms with E-state index in [9.17, 15) is 0 Å². The molecule has 0 aromatic rings. The van der Waals surface area contributed by atoms with Gasteiger partial charge in [0.25, 0.3) is 0 Å². The van der Waals surface area contributed by atoms with Crippen LogP contribution in [0.15, 0.2) is 0 Å². The minimum Gasteiger partial charge on any atom is -0.159 e. The Balaban J connectivity index is 2.06. The summed E-state index contributed by atoms with van der Waals surface area (Å²) < 4.78 is 0. The summed E-state index contributed by atoms with van der Waals surface area (Å²) in [6, 6.07) is 0. The second-order valence-electron chi connectivity index (χ2n) is 2.11. The molecular weight excluding hydrogens is 184 g/mol. The quantitative estimate of drug-likeness (QED) is 0.610. The molecule has 0 N–H and O–H groups in total. The molecule has 1 rings (SSSR count). The van der Waals surface area contributed by atoms with E-state index >= 15 is 0 Å². The van der Waals surface area contributed by atoms with E-state index in [0.717, 1.165) is 5.25 Å². The fourth-order valence-electron chi connectivity index (χ4n) is 0.994. The van der Waals surface area contributed by atoms with Crippen molar-refractivity contribution >= 4 is 27.7 Å². The molecule has 0 spiro atoms. The third kappa shape index (κ3) is 1.98. The smallest absolute Gasteiger partial charge is 0.00552 e. The maximum atomic E-state index is 3.45. The van der Waals surface area contributed by atoms with Crippen LogP contribution in [0.4, 0.5) is 0 Å². The molecule has 0 radical (unpaired) electrons. The van der Waals surface area contributed by atoms with Crippen LogP contribution in [0.1, 0.15) is 19.3 Å². The van der Waals surface area contributed by atoms with Crippen molar-refractivity contribution in [2.75, 3.05) is 11.1 Å². The van der Waals surface area contributed by atoms with E-state index in [1.807, 2.05) is 0 Å². The van der Waals surface area contributed by atoms with Crippen molar-refractivity contribution in [1.29, 1.82) is 0 Å². The van der Waals surface area contributed by atoms with Gasteiger partial charge < -0.3 is 0 Å². The van der Waals surface area contributed by atoms with Gasteiger partial charge in [-0.1, -0.05) is 15.9 Å². The summed E-state index contributed by atoms with van der Waals surface area (Å²) in [5.41, 5.74) is 0. The van der Waals surface area contributed by atoms with E-state index in [1.54, 1.807) is 0 Å². The highest BCUT2D eigenvalue weighted by atomic mass is 79.9. The van der Waals surface area contributed by atoms with Crippen LogP contribution in [0.25, 0.3) is 0 Å². The van der Waals surface area contributed by atoms with Crippen molar-refractivity contribution in [3.63, 3.8) is 0 Å². The van der Waals surface area contributed by atoms with Crippen molar-refractivity contribution in [2.24, 2.45) is 0 Å². The first-order chi connectivity index (χ1) is 3.93. The molecule has 0 nitrogen and oxygen atoms in total. The van der Waals surface area contributed by atoms with Gasteiger partial charge in [0, 0.05) is 10.6 Å². The molecule has 0 bridgehead atoms. The predicted molar refractivity (Wildman–Crippen MR) is 43.9 cm³/mol. The molecule has 0 aromatic carbocycles. The van der Waals surface area contributed by atoms with E-state index < -0.39 is 0 Å². The minimum atomic E-state index is 0.981. The Morgan fingerprint density at radius 2 is 2.50 bits per heavy atom. The first-order valence-electron chi connectivity index (χ1n) is 3.11.